The zero-order valence-electron chi connectivity index (χ0n) is 10.9. The summed E-state index contributed by atoms with van der Waals surface area (Å²) in [4.78, 5) is 18.3. The van der Waals surface area contributed by atoms with Gasteiger partial charge < -0.3 is 20.3 Å². The lowest BCUT2D eigenvalue weighted by Crippen LogP contribution is -2.40. The van der Waals surface area contributed by atoms with Crippen LogP contribution in [0.4, 0.5) is 11.6 Å². The van der Waals surface area contributed by atoms with Crippen molar-refractivity contribution in [3.05, 3.63) is 21.7 Å². The van der Waals surface area contributed by atoms with Crippen LogP contribution in [0.2, 0.25) is 0 Å². The van der Waals surface area contributed by atoms with Gasteiger partial charge in [-0.3, -0.25) is 0 Å². The van der Waals surface area contributed by atoms with Crippen molar-refractivity contribution in [2.24, 2.45) is 11.8 Å². The first-order chi connectivity index (χ1) is 9.74. The number of anilines is 1. The van der Waals surface area contributed by atoms with Crippen LogP contribution < -0.4 is 10.2 Å². The molecule has 2 fully saturated rings. The van der Waals surface area contributed by atoms with Crippen LogP contribution in [0, 0.1) is 22.0 Å². The summed E-state index contributed by atoms with van der Waals surface area (Å²) in [6, 6.07) is 0. The number of thiazole rings is 1. The first-order valence-electron chi connectivity index (χ1n) is 6.79. The van der Waals surface area contributed by atoms with Gasteiger partial charge in [0, 0.05) is 18.5 Å². The van der Waals surface area contributed by atoms with E-state index in [4.69, 9.17) is 0 Å². The molecule has 0 spiro atoms. The fourth-order valence-corrected chi connectivity index (χ4v) is 4.08. The predicted molar refractivity (Wildman–Crippen MR) is 76.4 cm³/mol. The minimum atomic E-state index is -0.318. The molecule has 2 aromatic rings. The standard InChI is InChI=1S/C12H15N5O2S/c18-17(19)11-10(14-12-16(11)3-4-20-12)15-2-1-8-5-13-6-9(8)7-15/h3-4,8-9,13H,1-2,5-7H2. The van der Waals surface area contributed by atoms with Crippen LogP contribution in [0.5, 0.6) is 0 Å². The Morgan fingerprint density at radius 2 is 2.30 bits per heavy atom. The molecule has 0 aliphatic carbocycles. The van der Waals surface area contributed by atoms with Gasteiger partial charge in [-0.05, 0) is 36.3 Å². The summed E-state index contributed by atoms with van der Waals surface area (Å²) in [7, 11) is 0. The molecule has 2 unspecified atom stereocenters. The maximum atomic E-state index is 11.4. The lowest BCUT2D eigenvalue weighted by molar-refractivity contribution is -0.389. The lowest BCUT2D eigenvalue weighted by Gasteiger charge is -2.34. The highest BCUT2D eigenvalue weighted by Crippen LogP contribution is 2.35. The minimum absolute atomic E-state index is 0.102. The SMILES string of the molecule is O=[N+]([O-])c1c(N2CCC3CNCC3C2)nc2sccn12. The van der Waals surface area contributed by atoms with Gasteiger partial charge in [-0.1, -0.05) is 11.3 Å². The van der Waals surface area contributed by atoms with Crippen molar-refractivity contribution in [3.63, 3.8) is 0 Å². The highest BCUT2D eigenvalue weighted by atomic mass is 32.1. The normalized spacial score (nSPS) is 26.1. The number of hydrogen-bond acceptors (Lipinski definition) is 6. The molecule has 2 aliphatic rings. The molecule has 2 aliphatic heterocycles. The van der Waals surface area contributed by atoms with Crippen molar-refractivity contribution in [2.75, 3.05) is 31.1 Å². The van der Waals surface area contributed by atoms with E-state index in [0.29, 0.717) is 22.6 Å². The third-order valence-electron chi connectivity index (χ3n) is 4.40. The number of imidazole rings is 1. The second kappa shape index (κ2) is 4.42. The lowest BCUT2D eigenvalue weighted by atomic mass is 9.89. The molecule has 1 N–H and O–H groups in total. The second-order valence-corrected chi connectivity index (χ2v) is 6.36. The van der Waals surface area contributed by atoms with Crippen LogP contribution in [-0.2, 0) is 0 Å². The van der Waals surface area contributed by atoms with Gasteiger partial charge in [0.2, 0.25) is 5.82 Å². The molecule has 4 heterocycles. The monoisotopic (exact) mass is 293 g/mol. The molecule has 106 valence electrons. The zero-order valence-corrected chi connectivity index (χ0v) is 11.7. The molecule has 4 rings (SSSR count). The van der Waals surface area contributed by atoms with Gasteiger partial charge in [0.25, 0.3) is 4.96 Å². The maximum absolute atomic E-state index is 11.4. The summed E-state index contributed by atoms with van der Waals surface area (Å²) >= 11 is 1.43. The molecule has 7 nitrogen and oxygen atoms in total. The number of fused-ring (bicyclic) bond motifs is 2. The van der Waals surface area contributed by atoms with E-state index in [1.54, 1.807) is 10.6 Å². The Labute approximate surface area is 119 Å². The third-order valence-corrected chi connectivity index (χ3v) is 5.15. The van der Waals surface area contributed by atoms with Crippen LogP contribution in [0.1, 0.15) is 6.42 Å². The zero-order chi connectivity index (χ0) is 13.7. The van der Waals surface area contributed by atoms with Crippen molar-refractivity contribution in [1.82, 2.24) is 14.7 Å². The van der Waals surface area contributed by atoms with Gasteiger partial charge in [-0.15, -0.1) is 0 Å². The van der Waals surface area contributed by atoms with Gasteiger partial charge in [-0.2, -0.15) is 9.38 Å². The van der Waals surface area contributed by atoms with Gasteiger partial charge in [0.05, 0.1) is 0 Å². The average molecular weight is 293 g/mol. The molecule has 2 aromatic heterocycles. The summed E-state index contributed by atoms with van der Waals surface area (Å²) in [5.41, 5.74) is 0. The molecule has 0 bridgehead atoms. The third kappa shape index (κ3) is 1.71. The Balaban J connectivity index is 1.72. The van der Waals surface area contributed by atoms with Gasteiger partial charge in [-0.25, -0.2) is 0 Å². The Morgan fingerprint density at radius 3 is 3.15 bits per heavy atom. The van der Waals surface area contributed by atoms with Crippen LogP contribution in [0.3, 0.4) is 0 Å². The van der Waals surface area contributed by atoms with Crippen molar-refractivity contribution in [3.8, 4) is 0 Å². The van der Waals surface area contributed by atoms with E-state index in [1.807, 2.05) is 5.38 Å². The van der Waals surface area contributed by atoms with E-state index < -0.39 is 0 Å². The summed E-state index contributed by atoms with van der Waals surface area (Å²) < 4.78 is 1.58. The second-order valence-electron chi connectivity index (χ2n) is 5.48. The Morgan fingerprint density at radius 1 is 1.45 bits per heavy atom. The fourth-order valence-electron chi connectivity index (χ4n) is 3.37. The molecule has 0 saturated carbocycles. The Kier molecular flexibility index (Phi) is 2.67. The van der Waals surface area contributed by atoms with Gasteiger partial charge in [0.15, 0.2) is 0 Å². The van der Waals surface area contributed by atoms with E-state index in [1.165, 1.54) is 11.3 Å². The van der Waals surface area contributed by atoms with E-state index in [0.717, 1.165) is 32.6 Å². The summed E-state index contributed by atoms with van der Waals surface area (Å²) in [5.74, 6) is 1.94. The van der Waals surface area contributed by atoms with Crippen molar-refractivity contribution in [1.29, 1.82) is 0 Å². The number of nitrogens with zero attached hydrogens (tertiary/aromatic N) is 4. The first kappa shape index (κ1) is 12.1. The first-order valence-corrected chi connectivity index (χ1v) is 7.67. The molecule has 0 amide bonds. The Bertz CT molecular complexity index is 666. The van der Waals surface area contributed by atoms with Crippen LogP contribution in [-0.4, -0.2) is 40.5 Å². The molecule has 0 radical (unpaired) electrons. The van der Waals surface area contributed by atoms with Crippen LogP contribution in [0.15, 0.2) is 11.6 Å². The summed E-state index contributed by atoms with van der Waals surface area (Å²) in [6.45, 7) is 3.81. The number of nitro groups is 1. The number of nitrogens with one attached hydrogen (secondary N) is 1. The molecular weight excluding hydrogens is 278 g/mol. The van der Waals surface area contributed by atoms with Gasteiger partial charge in [0.1, 0.15) is 6.20 Å². The molecule has 20 heavy (non-hydrogen) atoms. The van der Waals surface area contributed by atoms with E-state index in [2.05, 4.69) is 15.2 Å². The molecular formula is C12H15N5O2S. The molecule has 2 atom stereocenters. The Hall–Kier alpha value is -1.67. The number of hydrogen-bond donors (Lipinski definition) is 1. The number of aromatic nitrogens is 2. The molecule has 0 aromatic carbocycles. The minimum Gasteiger partial charge on any atom is -0.358 e. The summed E-state index contributed by atoms with van der Waals surface area (Å²) in [6.07, 6.45) is 2.80. The predicted octanol–water partition coefficient (Wildman–Crippen LogP) is 1.35. The number of rotatable bonds is 2. The molecule has 8 heteroatoms. The highest BCUT2D eigenvalue weighted by Gasteiger charge is 2.36. The van der Waals surface area contributed by atoms with Gasteiger partial charge >= 0.3 is 5.82 Å². The largest absolute Gasteiger partial charge is 0.373 e. The van der Waals surface area contributed by atoms with E-state index in [-0.39, 0.29) is 10.7 Å². The molecule has 2 saturated heterocycles. The van der Waals surface area contributed by atoms with Crippen molar-refractivity contribution >= 4 is 27.9 Å². The smallest absolute Gasteiger partial charge is 0.358 e. The number of piperidine rings is 1. The van der Waals surface area contributed by atoms with E-state index in [9.17, 15) is 10.1 Å². The van der Waals surface area contributed by atoms with E-state index >= 15 is 0 Å². The highest BCUT2D eigenvalue weighted by molar-refractivity contribution is 7.15. The average Bonchev–Trinajstić information content (AvgIpc) is 3.11. The quantitative estimate of drug-likeness (QED) is 0.668. The van der Waals surface area contributed by atoms with Crippen LogP contribution in [0.25, 0.3) is 4.96 Å². The summed E-state index contributed by atoms with van der Waals surface area (Å²) in [5, 5.41) is 16.6. The van der Waals surface area contributed by atoms with Crippen molar-refractivity contribution in [2.45, 2.75) is 6.42 Å². The topological polar surface area (TPSA) is 75.7 Å². The van der Waals surface area contributed by atoms with Crippen molar-refractivity contribution < 1.29 is 4.92 Å². The fraction of sp³-hybridized carbons (Fsp3) is 0.583. The van der Waals surface area contributed by atoms with Crippen LogP contribution >= 0.6 is 11.3 Å². The maximum Gasteiger partial charge on any atom is 0.373 e.